The van der Waals surface area contributed by atoms with Crippen molar-refractivity contribution in [1.82, 2.24) is 0 Å². The molecule has 0 saturated heterocycles. The molecule has 0 radical (unpaired) electrons. The summed E-state index contributed by atoms with van der Waals surface area (Å²) in [6.07, 6.45) is 17.0. The largest absolute Gasteiger partial charge is 0.330 e. The van der Waals surface area contributed by atoms with Crippen LogP contribution in [0.2, 0.25) is 0 Å². The van der Waals surface area contributed by atoms with Gasteiger partial charge < -0.3 is 5.73 Å². The highest BCUT2D eigenvalue weighted by Crippen LogP contribution is 2.34. The van der Waals surface area contributed by atoms with Crippen molar-refractivity contribution in [3.8, 4) is 0 Å². The fourth-order valence-electron chi connectivity index (χ4n) is 3.06. The summed E-state index contributed by atoms with van der Waals surface area (Å²) in [7, 11) is 0. The lowest BCUT2D eigenvalue weighted by molar-refractivity contribution is 0.220. The molecule has 0 atom stereocenters. The molecule has 0 aromatic carbocycles. The topological polar surface area (TPSA) is 26.0 Å². The van der Waals surface area contributed by atoms with E-state index in [-0.39, 0.29) is 0 Å². The third-order valence-corrected chi connectivity index (χ3v) is 4.60. The molecule has 0 aromatic rings. The van der Waals surface area contributed by atoms with Crippen LogP contribution < -0.4 is 5.73 Å². The van der Waals surface area contributed by atoms with Gasteiger partial charge in [0.25, 0.3) is 0 Å². The van der Waals surface area contributed by atoms with Crippen LogP contribution in [0.15, 0.2) is 0 Å². The molecule has 1 nitrogen and oxygen atoms in total. The van der Waals surface area contributed by atoms with Gasteiger partial charge in [0.2, 0.25) is 0 Å². The Kier molecular flexibility index (Phi) is 7.11. The Bertz CT molecular complexity index is 147. The molecule has 1 aliphatic rings. The minimum atomic E-state index is 0.485. The van der Waals surface area contributed by atoms with Crippen LogP contribution in [-0.2, 0) is 0 Å². The van der Waals surface area contributed by atoms with Crippen molar-refractivity contribution < 1.29 is 0 Å². The Morgan fingerprint density at radius 3 is 1.44 bits per heavy atom. The van der Waals surface area contributed by atoms with Crippen LogP contribution in [0.5, 0.6) is 0 Å². The molecular formula is C15H31N. The monoisotopic (exact) mass is 225 g/mol. The minimum Gasteiger partial charge on any atom is -0.330 e. The average Bonchev–Trinajstić information content (AvgIpc) is 2.31. The van der Waals surface area contributed by atoms with Crippen molar-refractivity contribution in [2.24, 2.45) is 11.1 Å². The molecular weight excluding hydrogens is 194 g/mol. The maximum atomic E-state index is 6.03. The van der Waals surface area contributed by atoms with Gasteiger partial charge in [-0.15, -0.1) is 0 Å². The van der Waals surface area contributed by atoms with Gasteiger partial charge in [0.05, 0.1) is 0 Å². The normalized spacial score (nSPS) is 24.4. The molecule has 1 rings (SSSR count). The van der Waals surface area contributed by atoms with Gasteiger partial charge in [-0.2, -0.15) is 0 Å². The summed E-state index contributed by atoms with van der Waals surface area (Å²) >= 11 is 0. The van der Waals surface area contributed by atoms with Crippen molar-refractivity contribution in [1.29, 1.82) is 0 Å². The molecule has 1 fully saturated rings. The minimum absolute atomic E-state index is 0.485. The SMILES string of the molecule is CCC1(CN)CCCCCCCCCCC1. The fourth-order valence-corrected chi connectivity index (χ4v) is 3.06. The molecule has 0 aromatic heterocycles. The summed E-state index contributed by atoms with van der Waals surface area (Å²) in [5.74, 6) is 0. The van der Waals surface area contributed by atoms with Gasteiger partial charge >= 0.3 is 0 Å². The Morgan fingerprint density at radius 1 is 0.750 bits per heavy atom. The first-order valence-electron chi connectivity index (χ1n) is 7.53. The number of hydrogen-bond donors (Lipinski definition) is 1. The van der Waals surface area contributed by atoms with Gasteiger partial charge in [0.1, 0.15) is 0 Å². The third-order valence-electron chi connectivity index (χ3n) is 4.60. The van der Waals surface area contributed by atoms with E-state index in [1.807, 2.05) is 0 Å². The smallest absolute Gasteiger partial charge is 0.00206 e. The van der Waals surface area contributed by atoms with Crippen molar-refractivity contribution >= 4 is 0 Å². The summed E-state index contributed by atoms with van der Waals surface area (Å²) in [6.45, 7) is 3.24. The Morgan fingerprint density at radius 2 is 1.12 bits per heavy atom. The molecule has 96 valence electrons. The van der Waals surface area contributed by atoms with Crippen molar-refractivity contribution in [2.45, 2.75) is 84.0 Å². The Balaban J connectivity index is 2.41. The second kappa shape index (κ2) is 8.11. The lowest BCUT2D eigenvalue weighted by atomic mass is 9.75. The van der Waals surface area contributed by atoms with E-state index in [1.54, 1.807) is 0 Å². The van der Waals surface area contributed by atoms with E-state index in [4.69, 9.17) is 5.73 Å². The maximum absolute atomic E-state index is 6.03. The first-order valence-corrected chi connectivity index (χ1v) is 7.53. The van der Waals surface area contributed by atoms with Crippen LogP contribution in [0, 0.1) is 5.41 Å². The van der Waals surface area contributed by atoms with Gasteiger partial charge in [0, 0.05) is 0 Å². The third kappa shape index (κ3) is 4.86. The quantitative estimate of drug-likeness (QED) is 0.727. The van der Waals surface area contributed by atoms with Crippen molar-refractivity contribution in [3.05, 3.63) is 0 Å². The molecule has 0 bridgehead atoms. The van der Waals surface area contributed by atoms with Gasteiger partial charge in [0.15, 0.2) is 0 Å². The summed E-state index contributed by atoms with van der Waals surface area (Å²) in [5.41, 5.74) is 6.51. The molecule has 0 spiro atoms. The summed E-state index contributed by atoms with van der Waals surface area (Å²) in [6, 6.07) is 0. The number of nitrogens with two attached hydrogens (primary N) is 1. The van der Waals surface area contributed by atoms with Crippen LogP contribution in [-0.4, -0.2) is 6.54 Å². The first-order chi connectivity index (χ1) is 7.83. The summed E-state index contributed by atoms with van der Waals surface area (Å²) in [5, 5.41) is 0. The van der Waals surface area contributed by atoms with Gasteiger partial charge in [-0.1, -0.05) is 64.7 Å². The number of rotatable bonds is 2. The predicted octanol–water partition coefficient (Wildman–Crippen LogP) is 4.65. The Labute approximate surface area is 102 Å². The number of hydrogen-bond acceptors (Lipinski definition) is 1. The highest BCUT2D eigenvalue weighted by Gasteiger charge is 2.25. The molecule has 0 aliphatic heterocycles. The molecule has 0 unspecified atom stereocenters. The van der Waals surface area contributed by atoms with Crippen LogP contribution in [0.1, 0.15) is 84.0 Å². The summed E-state index contributed by atoms with van der Waals surface area (Å²) < 4.78 is 0. The van der Waals surface area contributed by atoms with E-state index in [0.29, 0.717) is 5.41 Å². The van der Waals surface area contributed by atoms with Crippen LogP contribution in [0.3, 0.4) is 0 Å². The molecule has 1 aliphatic carbocycles. The van der Waals surface area contributed by atoms with E-state index in [0.717, 1.165) is 6.54 Å². The lowest BCUT2D eigenvalue weighted by Crippen LogP contribution is -2.30. The average molecular weight is 225 g/mol. The lowest BCUT2D eigenvalue weighted by Gasteiger charge is -2.32. The van der Waals surface area contributed by atoms with Gasteiger partial charge in [-0.3, -0.25) is 0 Å². The van der Waals surface area contributed by atoms with Crippen LogP contribution >= 0.6 is 0 Å². The molecule has 1 saturated carbocycles. The first kappa shape index (κ1) is 14.0. The molecule has 2 N–H and O–H groups in total. The zero-order valence-electron chi connectivity index (χ0n) is 11.3. The highest BCUT2D eigenvalue weighted by atomic mass is 14.6. The van der Waals surface area contributed by atoms with Gasteiger partial charge in [-0.25, -0.2) is 0 Å². The highest BCUT2D eigenvalue weighted by molar-refractivity contribution is 4.79. The van der Waals surface area contributed by atoms with Gasteiger partial charge in [-0.05, 0) is 31.2 Å². The Hall–Kier alpha value is -0.0400. The molecule has 1 heteroatoms. The molecule has 16 heavy (non-hydrogen) atoms. The summed E-state index contributed by atoms with van der Waals surface area (Å²) in [4.78, 5) is 0. The van der Waals surface area contributed by atoms with E-state index in [9.17, 15) is 0 Å². The second-order valence-electron chi connectivity index (χ2n) is 5.74. The maximum Gasteiger partial charge on any atom is -0.00206 e. The van der Waals surface area contributed by atoms with E-state index in [2.05, 4.69) is 6.92 Å². The van der Waals surface area contributed by atoms with E-state index in [1.165, 1.54) is 77.0 Å². The van der Waals surface area contributed by atoms with Crippen LogP contribution in [0.25, 0.3) is 0 Å². The zero-order valence-corrected chi connectivity index (χ0v) is 11.3. The molecule has 0 heterocycles. The van der Waals surface area contributed by atoms with Crippen molar-refractivity contribution in [3.63, 3.8) is 0 Å². The van der Waals surface area contributed by atoms with E-state index < -0.39 is 0 Å². The van der Waals surface area contributed by atoms with E-state index >= 15 is 0 Å². The predicted molar refractivity (Wildman–Crippen MR) is 72.6 cm³/mol. The fraction of sp³-hybridized carbons (Fsp3) is 1.00. The standard InChI is InChI=1S/C15H31N/c1-2-15(14-16)12-10-8-6-4-3-5-7-9-11-13-15/h2-14,16H2,1H3. The van der Waals surface area contributed by atoms with Crippen molar-refractivity contribution in [2.75, 3.05) is 6.54 Å². The second-order valence-corrected chi connectivity index (χ2v) is 5.74. The molecule has 0 amide bonds. The zero-order chi connectivity index (χ0) is 11.7. The van der Waals surface area contributed by atoms with Crippen LogP contribution in [0.4, 0.5) is 0 Å².